The fourth-order valence-electron chi connectivity index (χ4n) is 2.14. The van der Waals surface area contributed by atoms with Crippen LogP contribution in [0.5, 0.6) is 5.75 Å². The molecule has 0 fully saturated rings. The molecule has 2 aromatic rings. The van der Waals surface area contributed by atoms with Gasteiger partial charge in [0.2, 0.25) is 0 Å². The van der Waals surface area contributed by atoms with Crippen molar-refractivity contribution in [1.29, 1.82) is 0 Å². The minimum absolute atomic E-state index is 0.0993. The Morgan fingerprint density at radius 1 is 1.28 bits per heavy atom. The van der Waals surface area contributed by atoms with Crippen molar-refractivity contribution in [3.63, 3.8) is 0 Å². The van der Waals surface area contributed by atoms with Crippen molar-refractivity contribution in [3.8, 4) is 5.75 Å². The average Bonchev–Trinajstić information content (AvgIpc) is 3.14. The molecule has 3 N–H and O–H groups in total. The molecule has 3 rings (SSSR count). The number of hydrogen-bond donors (Lipinski definition) is 3. The summed E-state index contributed by atoms with van der Waals surface area (Å²) in [5, 5.41) is 16.0. The highest BCUT2D eigenvalue weighted by molar-refractivity contribution is 9.10. The van der Waals surface area contributed by atoms with E-state index in [1.54, 1.807) is 12.1 Å². The summed E-state index contributed by atoms with van der Waals surface area (Å²) in [4.78, 5) is 11.1. The Kier molecular flexibility index (Phi) is 5.00. The number of aromatic hydroxyl groups is 1. The Morgan fingerprint density at radius 2 is 2.04 bits per heavy atom. The molecule has 0 spiro atoms. The van der Waals surface area contributed by atoms with Crippen molar-refractivity contribution in [2.45, 2.75) is 13.5 Å². The highest BCUT2D eigenvalue weighted by Gasteiger charge is 2.21. The number of carbonyl (C=O) groups is 1. The molecule has 25 heavy (non-hydrogen) atoms. The van der Waals surface area contributed by atoms with Crippen molar-refractivity contribution >= 4 is 50.7 Å². The molecule has 1 aliphatic heterocycles. The first-order chi connectivity index (χ1) is 12.0. The standard InChI is InChI=1S/C15H13BrN4O4S/c1-8-2-3-9(24-8)6-17-14-15(20-25(23)19-14)18-12-5-4-11(16)10(7-21)13(12)22/h2-5,7,22H,6H2,1H3,(H,17,19)(H,18,20). The van der Waals surface area contributed by atoms with E-state index < -0.39 is 11.2 Å². The van der Waals surface area contributed by atoms with Gasteiger partial charge in [-0.25, -0.2) is 4.21 Å². The van der Waals surface area contributed by atoms with Crippen LogP contribution in [0.25, 0.3) is 0 Å². The zero-order valence-corrected chi connectivity index (χ0v) is 15.3. The van der Waals surface area contributed by atoms with E-state index in [1.165, 1.54) is 0 Å². The molecule has 2 heterocycles. The second-order valence-electron chi connectivity index (χ2n) is 5.08. The van der Waals surface area contributed by atoms with Crippen molar-refractivity contribution in [2.24, 2.45) is 8.80 Å². The maximum atomic E-state index is 11.6. The Labute approximate surface area is 153 Å². The number of amidine groups is 2. The van der Waals surface area contributed by atoms with Gasteiger partial charge >= 0.3 is 0 Å². The molecule has 8 nitrogen and oxygen atoms in total. The van der Waals surface area contributed by atoms with Gasteiger partial charge in [0, 0.05) is 4.47 Å². The summed E-state index contributed by atoms with van der Waals surface area (Å²) in [6.07, 6.45) is 0.533. The van der Waals surface area contributed by atoms with Gasteiger partial charge in [-0.3, -0.25) is 4.79 Å². The molecule has 1 aromatic carbocycles. The minimum Gasteiger partial charge on any atom is -0.505 e. The minimum atomic E-state index is -1.77. The van der Waals surface area contributed by atoms with Gasteiger partial charge in [0.25, 0.3) is 11.2 Å². The molecule has 1 aliphatic rings. The van der Waals surface area contributed by atoms with Gasteiger partial charge in [-0.2, -0.15) is 0 Å². The predicted octanol–water partition coefficient (Wildman–Crippen LogP) is 2.46. The van der Waals surface area contributed by atoms with Gasteiger partial charge in [-0.15, -0.1) is 8.80 Å². The summed E-state index contributed by atoms with van der Waals surface area (Å²) >= 11 is 1.42. The van der Waals surface area contributed by atoms with Crippen LogP contribution in [0, 0.1) is 6.92 Å². The third-order valence-corrected chi connectivity index (χ3v) is 4.69. The summed E-state index contributed by atoms with van der Waals surface area (Å²) in [5.41, 5.74) is 0.341. The Bertz CT molecular complexity index is 922. The number of aldehydes is 1. The molecule has 0 radical (unpaired) electrons. The van der Waals surface area contributed by atoms with E-state index in [-0.39, 0.29) is 28.7 Å². The number of anilines is 1. The average molecular weight is 425 g/mol. The molecule has 1 aromatic heterocycles. The maximum absolute atomic E-state index is 11.6. The number of phenols is 1. The van der Waals surface area contributed by atoms with Crippen LogP contribution in [0.4, 0.5) is 5.69 Å². The van der Waals surface area contributed by atoms with Gasteiger partial charge in [-0.05, 0) is 47.1 Å². The molecule has 0 saturated heterocycles. The normalized spacial score (nSPS) is 16.3. The number of nitrogens with zero attached hydrogens (tertiary/aromatic N) is 2. The Hall–Kier alpha value is -2.46. The van der Waals surface area contributed by atoms with Gasteiger partial charge in [0.1, 0.15) is 11.5 Å². The van der Waals surface area contributed by atoms with Crippen molar-refractivity contribution in [1.82, 2.24) is 5.32 Å². The lowest BCUT2D eigenvalue weighted by atomic mass is 10.2. The number of hydrogen-bond acceptors (Lipinski definition) is 6. The lowest BCUT2D eigenvalue weighted by molar-refractivity contribution is 0.112. The lowest BCUT2D eigenvalue weighted by Gasteiger charge is -2.12. The molecular formula is C15H13BrN4O4S. The van der Waals surface area contributed by atoms with Crippen LogP contribution in [-0.4, -0.2) is 27.3 Å². The van der Waals surface area contributed by atoms with E-state index in [1.807, 2.05) is 19.1 Å². The van der Waals surface area contributed by atoms with Crippen LogP contribution in [0.2, 0.25) is 0 Å². The quantitative estimate of drug-likeness (QED) is 0.512. The van der Waals surface area contributed by atoms with Crippen LogP contribution in [0.15, 0.2) is 42.0 Å². The van der Waals surface area contributed by atoms with Crippen LogP contribution >= 0.6 is 15.9 Å². The second kappa shape index (κ2) is 7.19. The monoisotopic (exact) mass is 424 g/mol. The van der Waals surface area contributed by atoms with E-state index >= 15 is 0 Å². The first kappa shape index (κ1) is 17.4. The molecule has 0 saturated carbocycles. The number of benzene rings is 1. The van der Waals surface area contributed by atoms with Crippen molar-refractivity contribution in [3.05, 3.63) is 45.8 Å². The largest absolute Gasteiger partial charge is 0.505 e. The molecule has 130 valence electrons. The molecule has 1 unspecified atom stereocenters. The topological polar surface area (TPSA) is 116 Å². The SMILES string of the molecule is Cc1ccc(CNC2=NS(=O)N=C2Nc2ccc(Br)c(C=O)c2O)o1. The van der Waals surface area contributed by atoms with E-state index in [0.717, 1.165) is 5.76 Å². The molecule has 1 atom stereocenters. The number of aryl methyl sites for hydroxylation is 1. The Balaban J connectivity index is 1.77. The maximum Gasteiger partial charge on any atom is 0.269 e. The highest BCUT2D eigenvalue weighted by atomic mass is 79.9. The van der Waals surface area contributed by atoms with Gasteiger partial charge in [0.15, 0.2) is 23.7 Å². The van der Waals surface area contributed by atoms with E-state index in [2.05, 4.69) is 35.4 Å². The number of phenolic OH excluding ortho intramolecular Hbond substituents is 1. The number of rotatable bonds is 4. The molecule has 0 aliphatic carbocycles. The number of carbonyl (C=O) groups excluding carboxylic acids is 1. The predicted molar refractivity (Wildman–Crippen MR) is 98.1 cm³/mol. The third-order valence-electron chi connectivity index (χ3n) is 3.32. The van der Waals surface area contributed by atoms with E-state index in [0.29, 0.717) is 23.1 Å². The van der Waals surface area contributed by atoms with Crippen LogP contribution in [0.3, 0.4) is 0 Å². The zero-order chi connectivity index (χ0) is 18.0. The molecule has 0 bridgehead atoms. The fourth-order valence-corrected chi connectivity index (χ4v) is 3.19. The van der Waals surface area contributed by atoms with Crippen LogP contribution in [0.1, 0.15) is 21.9 Å². The van der Waals surface area contributed by atoms with Gasteiger partial charge in [0.05, 0.1) is 17.8 Å². The molecular weight excluding hydrogens is 412 g/mol. The van der Waals surface area contributed by atoms with Crippen LogP contribution in [-0.2, 0) is 17.7 Å². The molecule has 0 amide bonds. The van der Waals surface area contributed by atoms with Crippen LogP contribution < -0.4 is 10.6 Å². The Morgan fingerprint density at radius 3 is 2.72 bits per heavy atom. The van der Waals surface area contributed by atoms with Crippen molar-refractivity contribution in [2.75, 3.05) is 5.32 Å². The summed E-state index contributed by atoms with van der Waals surface area (Å²) in [6, 6.07) is 6.81. The van der Waals surface area contributed by atoms with Crippen molar-refractivity contribution < 1.29 is 18.5 Å². The number of nitrogens with one attached hydrogen (secondary N) is 2. The summed E-state index contributed by atoms with van der Waals surface area (Å²) in [5.74, 6) is 1.68. The summed E-state index contributed by atoms with van der Waals surface area (Å²) in [7, 11) is 0. The summed E-state index contributed by atoms with van der Waals surface area (Å²) < 4.78 is 25.3. The van der Waals surface area contributed by atoms with Gasteiger partial charge < -0.3 is 20.2 Å². The van der Waals surface area contributed by atoms with E-state index in [9.17, 15) is 14.1 Å². The smallest absolute Gasteiger partial charge is 0.269 e. The first-order valence-corrected chi connectivity index (χ1v) is 8.96. The number of furan rings is 1. The second-order valence-corrected chi connectivity index (χ2v) is 6.76. The zero-order valence-electron chi connectivity index (χ0n) is 12.9. The third kappa shape index (κ3) is 3.80. The number of halogens is 1. The van der Waals surface area contributed by atoms with E-state index in [4.69, 9.17) is 4.42 Å². The lowest BCUT2D eigenvalue weighted by Crippen LogP contribution is -2.33. The summed E-state index contributed by atoms with van der Waals surface area (Å²) in [6.45, 7) is 2.16. The fraction of sp³-hybridized carbons (Fsp3) is 0.133. The first-order valence-electron chi connectivity index (χ1n) is 7.10. The molecule has 10 heteroatoms. The highest BCUT2D eigenvalue weighted by Crippen LogP contribution is 2.32. The van der Waals surface area contributed by atoms with Gasteiger partial charge in [-0.1, -0.05) is 0 Å².